The summed E-state index contributed by atoms with van der Waals surface area (Å²) in [6.07, 6.45) is 6.59. The van der Waals surface area contributed by atoms with E-state index in [9.17, 15) is 8.42 Å². The van der Waals surface area contributed by atoms with Crippen molar-refractivity contribution in [2.24, 2.45) is 7.05 Å². The normalized spacial score (nSPS) is 12.1. The Bertz CT molecular complexity index is 1180. The van der Waals surface area contributed by atoms with Gasteiger partial charge < -0.3 is 4.52 Å². The SMILES string of the molecule is Cc1noc(C)c1S(=O)(=O)n1ncc2ncc(-c3cnn(C)c3)cc21. The zero-order chi connectivity index (χ0) is 17.8. The van der Waals surface area contributed by atoms with Crippen molar-refractivity contribution in [3.8, 4) is 11.1 Å². The largest absolute Gasteiger partial charge is 0.360 e. The van der Waals surface area contributed by atoms with Gasteiger partial charge in [0.2, 0.25) is 0 Å². The summed E-state index contributed by atoms with van der Waals surface area (Å²) < 4.78 is 33.7. The van der Waals surface area contributed by atoms with Gasteiger partial charge in [0.15, 0.2) is 10.7 Å². The van der Waals surface area contributed by atoms with Crippen LogP contribution in [0.2, 0.25) is 0 Å². The topological polar surface area (TPSA) is 109 Å². The minimum Gasteiger partial charge on any atom is -0.360 e. The molecule has 0 N–H and O–H groups in total. The van der Waals surface area contributed by atoms with E-state index >= 15 is 0 Å². The van der Waals surface area contributed by atoms with Crippen LogP contribution in [0.25, 0.3) is 22.2 Å². The van der Waals surface area contributed by atoms with Gasteiger partial charge in [0, 0.05) is 30.6 Å². The Kier molecular flexibility index (Phi) is 3.25. The lowest BCUT2D eigenvalue weighted by molar-refractivity contribution is 0.390. The second-order valence-corrected chi connectivity index (χ2v) is 7.38. The van der Waals surface area contributed by atoms with E-state index in [-0.39, 0.29) is 16.3 Å². The molecule has 0 radical (unpaired) electrons. The number of aromatic nitrogens is 6. The van der Waals surface area contributed by atoms with Gasteiger partial charge in [-0.3, -0.25) is 9.67 Å². The van der Waals surface area contributed by atoms with E-state index in [1.54, 1.807) is 37.0 Å². The van der Waals surface area contributed by atoms with Crippen LogP contribution < -0.4 is 0 Å². The summed E-state index contributed by atoms with van der Waals surface area (Å²) in [6.45, 7) is 3.13. The number of rotatable bonds is 3. The Morgan fingerprint density at radius 3 is 2.52 bits per heavy atom. The van der Waals surface area contributed by atoms with Crippen molar-refractivity contribution in [1.82, 2.24) is 29.1 Å². The highest BCUT2D eigenvalue weighted by molar-refractivity contribution is 7.90. The summed E-state index contributed by atoms with van der Waals surface area (Å²) in [5, 5.41) is 11.9. The van der Waals surface area contributed by atoms with E-state index in [0.29, 0.717) is 11.0 Å². The van der Waals surface area contributed by atoms with E-state index < -0.39 is 10.0 Å². The zero-order valence-corrected chi connectivity index (χ0v) is 14.5. The molecule has 4 aromatic rings. The van der Waals surface area contributed by atoms with Crippen LogP contribution in [0.3, 0.4) is 0 Å². The Labute approximate surface area is 142 Å². The molecule has 4 aromatic heterocycles. The molecule has 0 amide bonds. The van der Waals surface area contributed by atoms with Crippen LogP contribution in [-0.2, 0) is 17.1 Å². The van der Waals surface area contributed by atoms with E-state index in [2.05, 4.69) is 20.3 Å². The molecule has 0 spiro atoms. The van der Waals surface area contributed by atoms with Crippen LogP contribution in [0.5, 0.6) is 0 Å². The number of pyridine rings is 1. The third kappa shape index (κ3) is 2.33. The average molecular weight is 358 g/mol. The number of hydrogen-bond acceptors (Lipinski definition) is 7. The van der Waals surface area contributed by atoms with Crippen LogP contribution in [0.4, 0.5) is 0 Å². The second-order valence-electron chi connectivity index (χ2n) is 5.68. The van der Waals surface area contributed by atoms with Crippen LogP contribution in [0, 0.1) is 13.8 Å². The highest BCUT2D eigenvalue weighted by atomic mass is 32.2. The average Bonchev–Trinajstić information content (AvgIpc) is 3.25. The van der Waals surface area contributed by atoms with Gasteiger partial charge in [-0.15, -0.1) is 0 Å². The molecule has 0 saturated carbocycles. The maximum Gasteiger partial charge on any atom is 0.288 e. The quantitative estimate of drug-likeness (QED) is 0.548. The highest BCUT2D eigenvalue weighted by Gasteiger charge is 2.28. The maximum absolute atomic E-state index is 13.0. The number of fused-ring (bicyclic) bond motifs is 1. The molecule has 0 aromatic carbocycles. The van der Waals surface area contributed by atoms with Crippen LogP contribution in [0.15, 0.2) is 40.3 Å². The first-order chi connectivity index (χ1) is 11.9. The highest BCUT2D eigenvalue weighted by Crippen LogP contribution is 2.27. The molecule has 0 aliphatic carbocycles. The summed E-state index contributed by atoms with van der Waals surface area (Å²) in [7, 11) is -2.14. The monoisotopic (exact) mass is 358 g/mol. The summed E-state index contributed by atoms with van der Waals surface area (Å²) in [5.41, 5.74) is 2.72. The van der Waals surface area contributed by atoms with Gasteiger partial charge in [-0.25, -0.2) is 0 Å². The molecule has 9 nitrogen and oxygen atoms in total. The van der Waals surface area contributed by atoms with Crippen molar-refractivity contribution >= 4 is 21.1 Å². The molecule has 4 heterocycles. The fourth-order valence-corrected chi connectivity index (χ4v) is 4.30. The summed E-state index contributed by atoms with van der Waals surface area (Å²) >= 11 is 0. The van der Waals surface area contributed by atoms with Crippen LogP contribution >= 0.6 is 0 Å². The van der Waals surface area contributed by atoms with Gasteiger partial charge in [-0.1, -0.05) is 5.16 Å². The van der Waals surface area contributed by atoms with Crippen molar-refractivity contribution in [2.75, 3.05) is 0 Å². The predicted molar refractivity (Wildman–Crippen MR) is 88.3 cm³/mol. The first kappa shape index (κ1) is 15.5. The Balaban J connectivity index is 1.94. The lowest BCUT2D eigenvalue weighted by Gasteiger charge is -2.05. The second kappa shape index (κ2) is 5.24. The van der Waals surface area contributed by atoms with E-state index in [4.69, 9.17) is 4.52 Å². The Morgan fingerprint density at radius 2 is 1.88 bits per heavy atom. The van der Waals surface area contributed by atoms with E-state index in [0.717, 1.165) is 15.2 Å². The molecular formula is C15H14N6O3S. The molecule has 10 heteroatoms. The van der Waals surface area contributed by atoms with Crippen molar-refractivity contribution in [2.45, 2.75) is 18.7 Å². The van der Waals surface area contributed by atoms with Crippen LogP contribution in [0.1, 0.15) is 11.5 Å². The molecule has 0 aliphatic heterocycles. The molecule has 0 fully saturated rings. The molecule has 0 saturated heterocycles. The maximum atomic E-state index is 13.0. The molecule has 25 heavy (non-hydrogen) atoms. The van der Waals surface area contributed by atoms with E-state index in [1.165, 1.54) is 6.20 Å². The Morgan fingerprint density at radius 1 is 1.08 bits per heavy atom. The third-order valence-electron chi connectivity index (χ3n) is 3.88. The zero-order valence-electron chi connectivity index (χ0n) is 13.7. The summed E-state index contributed by atoms with van der Waals surface area (Å²) in [5.74, 6) is 0.220. The predicted octanol–water partition coefficient (Wildman–Crippen LogP) is 1.67. The fourth-order valence-electron chi connectivity index (χ4n) is 2.73. The smallest absolute Gasteiger partial charge is 0.288 e. The minimum absolute atomic E-state index is 0.0179. The van der Waals surface area contributed by atoms with Crippen molar-refractivity contribution in [3.05, 3.63) is 42.3 Å². The standard InChI is InChI=1S/C15H14N6O3S/c1-9-15(10(2)24-19-9)25(22,23)21-14-4-11(5-16-13(14)7-18-21)12-6-17-20(3)8-12/h4-8H,1-3H3. The molecule has 0 bridgehead atoms. The molecular weight excluding hydrogens is 344 g/mol. The number of nitrogens with zero attached hydrogens (tertiary/aromatic N) is 6. The third-order valence-corrected chi connectivity index (χ3v) is 5.73. The van der Waals surface area contributed by atoms with Crippen molar-refractivity contribution in [3.63, 3.8) is 0 Å². The molecule has 4 rings (SSSR count). The molecule has 0 aliphatic rings. The number of hydrogen-bond donors (Lipinski definition) is 0. The lowest BCUT2D eigenvalue weighted by atomic mass is 10.1. The van der Waals surface area contributed by atoms with Gasteiger partial charge in [-0.05, 0) is 19.9 Å². The summed E-state index contributed by atoms with van der Waals surface area (Å²) in [6, 6.07) is 1.72. The Hall–Kier alpha value is -3.01. The summed E-state index contributed by atoms with van der Waals surface area (Å²) in [4.78, 5) is 4.32. The minimum atomic E-state index is -3.95. The van der Waals surface area contributed by atoms with Crippen LogP contribution in [-0.4, -0.2) is 37.5 Å². The van der Waals surface area contributed by atoms with Crippen molar-refractivity contribution in [1.29, 1.82) is 0 Å². The lowest BCUT2D eigenvalue weighted by Crippen LogP contribution is -2.15. The molecule has 0 atom stereocenters. The van der Waals surface area contributed by atoms with E-state index in [1.807, 2.05) is 13.2 Å². The first-order valence-corrected chi connectivity index (χ1v) is 8.83. The van der Waals surface area contributed by atoms with Gasteiger partial charge in [-0.2, -0.15) is 22.7 Å². The molecule has 0 unspecified atom stereocenters. The van der Waals surface area contributed by atoms with Gasteiger partial charge in [0.25, 0.3) is 10.0 Å². The van der Waals surface area contributed by atoms with Crippen molar-refractivity contribution < 1.29 is 12.9 Å². The number of aryl methyl sites for hydroxylation is 3. The first-order valence-electron chi connectivity index (χ1n) is 7.39. The van der Waals surface area contributed by atoms with Gasteiger partial charge >= 0.3 is 0 Å². The van der Waals surface area contributed by atoms with Gasteiger partial charge in [0.05, 0.1) is 12.4 Å². The van der Waals surface area contributed by atoms with Gasteiger partial charge in [0.1, 0.15) is 16.7 Å². The molecule has 128 valence electrons. The fraction of sp³-hybridized carbons (Fsp3) is 0.200.